The molecule has 4 N–H and O–H groups in total. The summed E-state index contributed by atoms with van der Waals surface area (Å²) in [6.07, 6.45) is 0.0677. The lowest BCUT2D eigenvalue weighted by Crippen LogP contribution is -2.34. The molecule has 0 saturated carbocycles. The maximum absolute atomic E-state index is 11.9. The number of rotatable bonds is 12. The molecule has 0 radical (unpaired) electrons. The smallest absolute Gasteiger partial charge is 0.306 e. The predicted molar refractivity (Wildman–Crippen MR) is 104 cm³/mol. The SMILES string of the molecule is CC1(C)OCC(COC(=O)CCc2ccc(OCC(O)CNCCN)cc2)O1. The highest BCUT2D eigenvalue weighted by molar-refractivity contribution is 5.69. The normalized spacial score (nSPS) is 19.4. The van der Waals surface area contributed by atoms with Crippen molar-refractivity contribution in [1.29, 1.82) is 0 Å². The largest absolute Gasteiger partial charge is 0.491 e. The Bertz CT molecular complexity index is 593. The molecule has 1 heterocycles. The molecule has 0 spiro atoms. The molecule has 0 aromatic heterocycles. The molecule has 8 nitrogen and oxygen atoms in total. The Morgan fingerprint density at radius 1 is 1.39 bits per heavy atom. The number of hydrogen-bond acceptors (Lipinski definition) is 8. The second-order valence-corrected chi connectivity index (χ2v) is 7.24. The molecule has 1 aliphatic rings. The number of carbonyl (C=O) groups is 1. The summed E-state index contributed by atoms with van der Waals surface area (Å²) in [4.78, 5) is 11.9. The molecule has 1 aromatic rings. The molecule has 1 aliphatic heterocycles. The number of ether oxygens (including phenoxy) is 4. The van der Waals surface area contributed by atoms with Crippen LogP contribution in [0.5, 0.6) is 5.75 Å². The molecule has 1 saturated heterocycles. The fourth-order valence-electron chi connectivity index (χ4n) is 2.72. The quantitative estimate of drug-likeness (QED) is 0.348. The molecule has 8 heteroatoms. The molecule has 1 aromatic carbocycles. The third kappa shape index (κ3) is 8.53. The van der Waals surface area contributed by atoms with Crippen LogP contribution in [0.15, 0.2) is 24.3 Å². The van der Waals surface area contributed by atoms with Crippen LogP contribution in [0, 0.1) is 0 Å². The van der Waals surface area contributed by atoms with E-state index in [-0.39, 0.29) is 25.3 Å². The van der Waals surface area contributed by atoms with Crippen molar-refractivity contribution >= 4 is 5.97 Å². The zero-order chi connectivity index (χ0) is 20.4. The molecule has 0 aliphatic carbocycles. The number of hydrogen-bond donors (Lipinski definition) is 3. The zero-order valence-corrected chi connectivity index (χ0v) is 16.7. The first-order valence-corrected chi connectivity index (χ1v) is 9.66. The second kappa shape index (κ2) is 11.3. The first kappa shape index (κ1) is 22.6. The summed E-state index contributed by atoms with van der Waals surface area (Å²) in [7, 11) is 0. The summed E-state index contributed by atoms with van der Waals surface area (Å²) < 4.78 is 21.8. The Balaban J connectivity index is 1.62. The van der Waals surface area contributed by atoms with E-state index in [1.54, 1.807) is 0 Å². The lowest BCUT2D eigenvalue weighted by atomic mass is 10.1. The van der Waals surface area contributed by atoms with Crippen molar-refractivity contribution in [3.05, 3.63) is 29.8 Å². The van der Waals surface area contributed by atoms with Gasteiger partial charge in [-0.05, 0) is 38.0 Å². The van der Waals surface area contributed by atoms with Crippen LogP contribution in [0.2, 0.25) is 0 Å². The maximum atomic E-state index is 11.9. The topological polar surface area (TPSA) is 112 Å². The van der Waals surface area contributed by atoms with Crippen molar-refractivity contribution in [3.8, 4) is 5.75 Å². The summed E-state index contributed by atoms with van der Waals surface area (Å²) in [6, 6.07) is 7.45. The summed E-state index contributed by atoms with van der Waals surface area (Å²) in [5, 5.41) is 12.8. The van der Waals surface area contributed by atoms with Crippen LogP contribution < -0.4 is 15.8 Å². The number of aryl methyl sites for hydroxylation is 1. The van der Waals surface area contributed by atoms with Crippen LogP contribution in [0.1, 0.15) is 25.8 Å². The van der Waals surface area contributed by atoms with Crippen LogP contribution in [0.3, 0.4) is 0 Å². The molecular formula is C20H32N2O6. The van der Waals surface area contributed by atoms with Crippen LogP contribution in [0.25, 0.3) is 0 Å². The van der Waals surface area contributed by atoms with E-state index in [0.717, 1.165) is 5.56 Å². The van der Waals surface area contributed by atoms with Crippen molar-refractivity contribution in [2.75, 3.05) is 39.5 Å². The van der Waals surface area contributed by atoms with E-state index in [2.05, 4.69) is 5.32 Å². The van der Waals surface area contributed by atoms with E-state index >= 15 is 0 Å². The minimum atomic E-state index is -0.613. The Morgan fingerprint density at radius 2 is 2.14 bits per heavy atom. The average molecular weight is 396 g/mol. The third-order valence-corrected chi connectivity index (χ3v) is 4.18. The maximum Gasteiger partial charge on any atom is 0.306 e. The lowest BCUT2D eigenvalue weighted by Gasteiger charge is -2.17. The molecule has 2 rings (SSSR count). The number of esters is 1. The van der Waals surface area contributed by atoms with Gasteiger partial charge in [-0.15, -0.1) is 0 Å². The van der Waals surface area contributed by atoms with E-state index in [1.165, 1.54) is 0 Å². The van der Waals surface area contributed by atoms with E-state index in [1.807, 2.05) is 38.1 Å². The van der Waals surface area contributed by atoms with Gasteiger partial charge in [0.15, 0.2) is 5.79 Å². The number of aliphatic hydroxyl groups is 1. The number of nitrogens with two attached hydrogens (primary N) is 1. The summed E-state index contributed by atoms with van der Waals surface area (Å²) in [6.45, 7) is 6.14. The Morgan fingerprint density at radius 3 is 2.79 bits per heavy atom. The predicted octanol–water partition coefficient (Wildman–Crippen LogP) is 0.602. The van der Waals surface area contributed by atoms with Gasteiger partial charge in [0, 0.05) is 26.1 Å². The van der Waals surface area contributed by atoms with Crippen molar-refractivity contribution < 1.29 is 28.8 Å². The molecular weight excluding hydrogens is 364 g/mol. The van der Waals surface area contributed by atoms with E-state index in [4.69, 9.17) is 24.7 Å². The number of nitrogens with one attached hydrogen (secondary N) is 1. The molecule has 28 heavy (non-hydrogen) atoms. The lowest BCUT2D eigenvalue weighted by molar-refractivity contribution is -0.158. The Hall–Kier alpha value is -1.71. The minimum absolute atomic E-state index is 0.201. The number of carbonyl (C=O) groups excluding carboxylic acids is 1. The molecule has 0 bridgehead atoms. The van der Waals surface area contributed by atoms with Gasteiger partial charge in [-0.25, -0.2) is 0 Å². The Labute approximate surface area is 166 Å². The van der Waals surface area contributed by atoms with Gasteiger partial charge in [-0.1, -0.05) is 12.1 Å². The van der Waals surface area contributed by atoms with E-state index < -0.39 is 11.9 Å². The van der Waals surface area contributed by atoms with Gasteiger partial charge in [-0.2, -0.15) is 0 Å². The highest BCUT2D eigenvalue weighted by Gasteiger charge is 2.33. The molecule has 2 atom stereocenters. The van der Waals surface area contributed by atoms with Gasteiger partial charge in [0.25, 0.3) is 0 Å². The number of benzene rings is 1. The van der Waals surface area contributed by atoms with Crippen LogP contribution in [-0.4, -0.2) is 68.5 Å². The fraction of sp³-hybridized carbons (Fsp3) is 0.650. The van der Waals surface area contributed by atoms with Crippen LogP contribution in [0.4, 0.5) is 0 Å². The number of aliphatic hydroxyl groups excluding tert-OH is 1. The highest BCUT2D eigenvalue weighted by atomic mass is 16.7. The van der Waals surface area contributed by atoms with Gasteiger partial charge in [0.2, 0.25) is 0 Å². The fourth-order valence-corrected chi connectivity index (χ4v) is 2.72. The van der Waals surface area contributed by atoms with Gasteiger partial charge >= 0.3 is 5.97 Å². The van der Waals surface area contributed by atoms with Crippen LogP contribution >= 0.6 is 0 Å². The second-order valence-electron chi connectivity index (χ2n) is 7.24. The first-order valence-electron chi connectivity index (χ1n) is 9.66. The van der Waals surface area contributed by atoms with Gasteiger partial charge < -0.3 is 35.1 Å². The monoisotopic (exact) mass is 396 g/mol. The van der Waals surface area contributed by atoms with Crippen molar-refractivity contribution in [1.82, 2.24) is 5.32 Å². The average Bonchev–Trinajstić information content (AvgIpc) is 3.03. The van der Waals surface area contributed by atoms with E-state index in [0.29, 0.717) is 44.8 Å². The summed E-state index contributed by atoms with van der Waals surface area (Å²) in [5.41, 5.74) is 6.39. The van der Waals surface area contributed by atoms with Crippen molar-refractivity contribution in [3.63, 3.8) is 0 Å². The standard InChI is InChI=1S/C20H32N2O6/c1-20(2)27-14-18(28-20)13-26-19(24)8-5-15-3-6-17(7-4-15)25-12-16(23)11-22-10-9-21/h3-4,6-7,16,18,22-23H,5,8-14,21H2,1-2H3. The Kier molecular flexibility index (Phi) is 9.14. The van der Waals surface area contributed by atoms with Crippen molar-refractivity contribution in [2.45, 2.75) is 44.7 Å². The first-order chi connectivity index (χ1) is 13.4. The van der Waals surface area contributed by atoms with Gasteiger partial charge in [-0.3, -0.25) is 4.79 Å². The van der Waals surface area contributed by atoms with Crippen molar-refractivity contribution in [2.24, 2.45) is 5.73 Å². The van der Waals surface area contributed by atoms with Gasteiger partial charge in [0.1, 0.15) is 31.2 Å². The molecule has 158 valence electrons. The molecule has 0 amide bonds. The zero-order valence-electron chi connectivity index (χ0n) is 16.7. The summed E-state index contributed by atoms with van der Waals surface area (Å²) >= 11 is 0. The highest BCUT2D eigenvalue weighted by Crippen LogP contribution is 2.22. The van der Waals surface area contributed by atoms with Crippen LogP contribution in [-0.2, 0) is 25.4 Å². The van der Waals surface area contributed by atoms with E-state index in [9.17, 15) is 9.90 Å². The minimum Gasteiger partial charge on any atom is -0.491 e. The molecule has 2 unspecified atom stereocenters. The molecule has 1 fully saturated rings. The summed E-state index contributed by atoms with van der Waals surface area (Å²) in [5.74, 6) is -0.204. The third-order valence-electron chi connectivity index (χ3n) is 4.18. The van der Waals surface area contributed by atoms with Gasteiger partial charge in [0.05, 0.1) is 6.61 Å².